The monoisotopic (exact) mass is 413 g/mol. The van der Waals surface area contributed by atoms with Crippen LogP contribution in [0.2, 0.25) is 8.67 Å². The zero-order valence-corrected chi connectivity index (χ0v) is 16.0. The number of carbonyl (C=O) groups excluding carboxylic acids is 1. The lowest BCUT2D eigenvalue weighted by molar-refractivity contribution is -0.116. The number of anilines is 1. The minimum absolute atomic E-state index is 0.0501. The third-order valence-corrected chi connectivity index (χ3v) is 5.70. The van der Waals surface area contributed by atoms with Gasteiger partial charge in [-0.15, -0.1) is 28.2 Å². The van der Waals surface area contributed by atoms with Crippen molar-refractivity contribution in [3.8, 4) is 11.5 Å². The maximum atomic E-state index is 11.9. The van der Waals surface area contributed by atoms with Crippen LogP contribution >= 0.6 is 46.3 Å². The van der Waals surface area contributed by atoms with E-state index in [0.29, 0.717) is 20.7 Å². The van der Waals surface area contributed by atoms with Gasteiger partial charge in [-0.2, -0.15) is 0 Å². The van der Waals surface area contributed by atoms with Crippen LogP contribution in [0.5, 0.6) is 0 Å². The van der Waals surface area contributed by atoms with Gasteiger partial charge in [0.2, 0.25) is 5.91 Å². The summed E-state index contributed by atoms with van der Waals surface area (Å²) in [6.45, 7) is 0. The van der Waals surface area contributed by atoms with Crippen LogP contribution in [0.3, 0.4) is 0 Å². The maximum Gasteiger partial charge on any atom is 0.322 e. The molecule has 5 nitrogen and oxygen atoms in total. The molecule has 0 saturated heterocycles. The molecule has 0 unspecified atom stereocenters. The number of hydrogen-bond donors (Lipinski definition) is 1. The van der Waals surface area contributed by atoms with Gasteiger partial charge in [0.25, 0.3) is 5.89 Å². The molecule has 1 N–H and O–H groups in total. The first kappa shape index (κ1) is 18.3. The number of aromatic nitrogens is 2. The molecule has 25 heavy (non-hydrogen) atoms. The highest BCUT2D eigenvalue weighted by Crippen LogP contribution is 2.37. The number of halogens is 2. The highest BCUT2D eigenvalue weighted by atomic mass is 35.5. The zero-order valence-electron chi connectivity index (χ0n) is 12.9. The van der Waals surface area contributed by atoms with Crippen LogP contribution in [-0.2, 0) is 4.79 Å². The van der Waals surface area contributed by atoms with E-state index in [4.69, 9.17) is 27.6 Å². The Morgan fingerprint density at radius 1 is 1.24 bits per heavy atom. The van der Waals surface area contributed by atoms with Crippen molar-refractivity contribution in [1.29, 1.82) is 0 Å². The van der Waals surface area contributed by atoms with Gasteiger partial charge >= 0.3 is 6.01 Å². The molecule has 0 aliphatic rings. The summed E-state index contributed by atoms with van der Waals surface area (Å²) in [6.07, 6.45) is 1.13. The van der Waals surface area contributed by atoms with Crippen LogP contribution < -0.4 is 5.32 Å². The Morgan fingerprint density at radius 3 is 2.76 bits per heavy atom. The van der Waals surface area contributed by atoms with Crippen molar-refractivity contribution in [3.05, 3.63) is 45.1 Å². The normalized spacial score (nSPS) is 10.8. The molecule has 0 spiro atoms. The van der Waals surface area contributed by atoms with Gasteiger partial charge in [-0.05, 0) is 30.4 Å². The third kappa shape index (κ3) is 5.22. The molecule has 0 atom stereocenters. The van der Waals surface area contributed by atoms with E-state index in [1.54, 1.807) is 17.8 Å². The Balaban J connectivity index is 1.46. The predicted molar refractivity (Wildman–Crippen MR) is 103 cm³/mol. The van der Waals surface area contributed by atoms with E-state index in [1.165, 1.54) is 16.2 Å². The summed E-state index contributed by atoms with van der Waals surface area (Å²) < 4.78 is 6.40. The lowest BCUT2D eigenvalue weighted by atomic mass is 10.3. The van der Waals surface area contributed by atoms with Crippen molar-refractivity contribution in [2.24, 2.45) is 0 Å². The molecule has 3 rings (SSSR count). The molecular formula is C16H13Cl2N3O2S2. The molecule has 3 aromatic rings. The van der Waals surface area contributed by atoms with Crippen molar-refractivity contribution in [2.45, 2.75) is 17.7 Å². The highest BCUT2D eigenvalue weighted by molar-refractivity contribution is 7.99. The fourth-order valence-corrected chi connectivity index (χ4v) is 4.31. The van der Waals surface area contributed by atoms with E-state index in [1.807, 2.05) is 30.3 Å². The number of nitrogens with zero attached hydrogens (tertiary/aromatic N) is 2. The Bertz CT molecular complexity index is 852. The fraction of sp³-hybridized carbons (Fsp3) is 0.188. The quantitative estimate of drug-likeness (QED) is 0.402. The summed E-state index contributed by atoms with van der Waals surface area (Å²) in [4.78, 5) is 13.1. The first-order valence-electron chi connectivity index (χ1n) is 7.38. The van der Waals surface area contributed by atoms with Crippen LogP contribution in [0.1, 0.15) is 12.8 Å². The topological polar surface area (TPSA) is 68.0 Å². The van der Waals surface area contributed by atoms with E-state index < -0.39 is 0 Å². The van der Waals surface area contributed by atoms with Crippen LogP contribution in [0.15, 0.2) is 45.7 Å². The molecule has 9 heteroatoms. The van der Waals surface area contributed by atoms with Crippen molar-refractivity contribution in [1.82, 2.24) is 10.2 Å². The second-order valence-electron chi connectivity index (χ2n) is 4.96. The Morgan fingerprint density at radius 2 is 2.04 bits per heavy atom. The molecule has 2 heterocycles. The molecular weight excluding hydrogens is 401 g/mol. The maximum absolute atomic E-state index is 11.9. The molecule has 0 aliphatic carbocycles. The van der Waals surface area contributed by atoms with Gasteiger partial charge in [0, 0.05) is 11.3 Å². The van der Waals surface area contributed by atoms with Crippen LogP contribution in [0.4, 0.5) is 6.01 Å². The van der Waals surface area contributed by atoms with E-state index >= 15 is 0 Å². The van der Waals surface area contributed by atoms with Gasteiger partial charge in [0.05, 0.1) is 9.90 Å². The number of amides is 1. The molecule has 1 amide bonds. The SMILES string of the molecule is O=C(CCCSc1ccccc1)Nc1nnc(-c2cc(Cl)sc2Cl)o1. The number of carbonyl (C=O) groups is 1. The van der Waals surface area contributed by atoms with Crippen molar-refractivity contribution in [2.75, 3.05) is 11.1 Å². The number of hydrogen-bond acceptors (Lipinski definition) is 6. The first-order valence-corrected chi connectivity index (χ1v) is 9.94. The molecule has 1 aromatic carbocycles. The third-order valence-electron chi connectivity index (χ3n) is 3.12. The van der Waals surface area contributed by atoms with Gasteiger partial charge in [0.1, 0.15) is 4.34 Å². The first-order chi connectivity index (χ1) is 12.1. The zero-order chi connectivity index (χ0) is 17.6. The smallest absolute Gasteiger partial charge is 0.322 e. The van der Waals surface area contributed by atoms with E-state index in [-0.39, 0.29) is 17.8 Å². The summed E-state index contributed by atoms with van der Waals surface area (Å²) in [5.74, 6) is 0.914. The second kappa shape index (κ2) is 8.71. The van der Waals surface area contributed by atoms with Crippen LogP contribution in [-0.4, -0.2) is 21.9 Å². The number of rotatable bonds is 7. The Kier molecular flexibility index (Phi) is 6.36. The van der Waals surface area contributed by atoms with E-state index in [2.05, 4.69) is 15.5 Å². The Labute approximate surface area is 162 Å². The summed E-state index contributed by atoms with van der Waals surface area (Å²) in [5.41, 5.74) is 0.559. The van der Waals surface area contributed by atoms with Gasteiger partial charge in [-0.1, -0.05) is 46.5 Å². The average Bonchev–Trinajstić information content (AvgIpc) is 3.18. The molecule has 0 aliphatic heterocycles. The number of thioether (sulfide) groups is 1. The van der Waals surface area contributed by atoms with Crippen molar-refractivity contribution in [3.63, 3.8) is 0 Å². The minimum Gasteiger partial charge on any atom is -0.403 e. The fourth-order valence-electron chi connectivity index (χ4n) is 1.99. The summed E-state index contributed by atoms with van der Waals surface area (Å²) >= 11 is 14.9. The second-order valence-corrected chi connectivity index (χ2v) is 8.42. The molecule has 2 aromatic heterocycles. The van der Waals surface area contributed by atoms with Gasteiger partial charge in [-0.3, -0.25) is 10.1 Å². The average molecular weight is 414 g/mol. The van der Waals surface area contributed by atoms with Crippen molar-refractivity contribution >= 4 is 58.2 Å². The van der Waals surface area contributed by atoms with Gasteiger partial charge < -0.3 is 4.42 Å². The molecule has 130 valence electrons. The van der Waals surface area contributed by atoms with Crippen LogP contribution in [0.25, 0.3) is 11.5 Å². The minimum atomic E-state index is -0.168. The Hall–Kier alpha value is -1.54. The number of thiophene rings is 1. The lowest BCUT2D eigenvalue weighted by Gasteiger charge is -2.01. The van der Waals surface area contributed by atoms with E-state index in [0.717, 1.165) is 12.2 Å². The highest BCUT2D eigenvalue weighted by Gasteiger charge is 2.16. The molecule has 0 saturated carbocycles. The largest absolute Gasteiger partial charge is 0.403 e. The molecule has 0 fully saturated rings. The standard InChI is InChI=1S/C16H13Cl2N3O2S2/c17-12-9-11(14(18)25-12)15-20-21-16(23-15)19-13(22)7-4-8-24-10-5-2-1-3-6-10/h1-3,5-6,9H,4,7-8H2,(H,19,21,22). The van der Waals surface area contributed by atoms with Gasteiger partial charge in [-0.25, -0.2) is 0 Å². The van der Waals surface area contributed by atoms with E-state index in [9.17, 15) is 4.79 Å². The number of benzene rings is 1. The molecule has 0 radical (unpaired) electrons. The van der Waals surface area contributed by atoms with Crippen LogP contribution in [0, 0.1) is 0 Å². The number of nitrogens with one attached hydrogen (secondary N) is 1. The van der Waals surface area contributed by atoms with Gasteiger partial charge in [0.15, 0.2) is 0 Å². The summed E-state index contributed by atoms with van der Waals surface area (Å²) in [6, 6.07) is 11.8. The van der Waals surface area contributed by atoms with Crippen molar-refractivity contribution < 1.29 is 9.21 Å². The lowest BCUT2D eigenvalue weighted by Crippen LogP contribution is -2.11. The molecule has 0 bridgehead atoms. The summed E-state index contributed by atoms with van der Waals surface area (Å²) in [5, 5.41) is 10.3. The summed E-state index contributed by atoms with van der Waals surface area (Å²) in [7, 11) is 0. The predicted octanol–water partition coefficient (Wildman–Crippen LogP) is 5.62.